The number of carbonyl (C=O) groups is 1. The molecule has 0 saturated heterocycles. The summed E-state index contributed by atoms with van der Waals surface area (Å²) in [7, 11) is 0. The van der Waals surface area contributed by atoms with Gasteiger partial charge in [0.1, 0.15) is 11.0 Å². The summed E-state index contributed by atoms with van der Waals surface area (Å²) in [5, 5.41) is 3.03. The molecule has 0 aliphatic heterocycles. The highest BCUT2D eigenvalue weighted by Crippen LogP contribution is 2.16. The molecular weight excluding hydrogens is 236 g/mol. The summed E-state index contributed by atoms with van der Waals surface area (Å²) in [4.78, 5) is 11.8. The smallest absolute Gasteiger partial charge is 0.328 e. The van der Waals surface area contributed by atoms with E-state index in [1.165, 1.54) is 0 Å². The van der Waals surface area contributed by atoms with Gasteiger partial charge in [-0.1, -0.05) is 24.4 Å². The molecule has 0 aromatic heterocycles. The van der Waals surface area contributed by atoms with E-state index < -0.39 is 6.04 Å². The minimum atomic E-state index is -0.439. The van der Waals surface area contributed by atoms with Gasteiger partial charge in [-0.3, -0.25) is 0 Å². The van der Waals surface area contributed by atoms with Gasteiger partial charge in [0.15, 0.2) is 0 Å². The highest BCUT2D eigenvalue weighted by Gasteiger charge is 2.15. The summed E-state index contributed by atoms with van der Waals surface area (Å²) in [6.07, 6.45) is 0. The van der Waals surface area contributed by atoms with Crippen LogP contribution in [0.1, 0.15) is 19.4 Å². The van der Waals surface area contributed by atoms with E-state index in [1.54, 1.807) is 13.8 Å². The molecule has 3 N–H and O–H groups in total. The van der Waals surface area contributed by atoms with Gasteiger partial charge in [0, 0.05) is 11.3 Å². The molecule has 1 rings (SSSR count). The van der Waals surface area contributed by atoms with E-state index in [0.29, 0.717) is 11.6 Å². The number of hydrogen-bond acceptors (Lipinski definition) is 4. The molecule has 1 aromatic carbocycles. The highest BCUT2D eigenvalue weighted by molar-refractivity contribution is 7.80. The lowest BCUT2D eigenvalue weighted by Gasteiger charge is -2.16. The van der Waals surface area contributed by atoms with E-state index in [-0.39, 0.29) is 5.97 Å². The van der Waals surface area contributed by atoms with E-state index in [0.717, 1.165) is 11.3 Å². The van der Waals surface area contributed by atoms with E-state index in [4.69, 9.17) is 22.7 Å². The third kappa shape index (κ3) is 3.71. The number of carbonyl (C=O) groups excluding carboxylic acids is 1. The van der Waals surface area contributed by atoms with Gasteiger partial charge < -0.3 is 15.8 Å². The van der Waals surface area contributed by atoms with Crippen molar-refractivity contribution >= 4 is 28.9 Å². The summed E-state index contributed by atoms with van der Waals surface area (Å²) in [5.41, 5.74) is 7.06. The molecule has 0 heterocycles. The summed E-state index contributed by atoms with van der Waals surface area (Å²) < 4.78 is 4.91. The van der Waals surface area contributed by atoms with Crippen molar-refractivity contribution in [1.29, 1.82) is 0 Å². The maximum atomic E-state index is 11.5. The van der Waals surface area contributed by atoms with Gasteiger partial charge in [-0.15, -0.1) is 0 Å². The number of rotatable bonds is 5. The molecule has 0 amide bonds. The predicted molar refractivity (Wildman–Crippen MR) is 72.0 cm³/mol. The SMILES string of the molecule is CCOC(=O)C(C)Nc1ccccc1C(N)=S. The monoisotopic (exact) mass is 252 g/mol. The third-order valence-corrected chi connectivity index (χ3v) is 2.42. The zero-order valence-electron chi connectivity index (χ0n) is 9.90. The van der Waals surface area contributed by atoms with Crippen LogP contribution in [0.5, 0.6) is 0 Å². The van der Waals surface area contributed by atoms with E-state index >= 15 is 0 Å². The van der Waals surface area contributed by atoms with Crippen LogP contribution in [0.3, 0.4) is 0 Å². The van der Waals surface area contributed by atoms with Crippen molar-refractivity contribution in [2.75, 3.05) is 11.9 Å². The summed E-state index contributed by atoms with van der Waals surface area (Å²) in [6.45, 7) is 3.86. The molecule has 1 unspecified atom stereocenters. The number of hydrogen-bond donors (Lipinski definition) is 2. The highest BCUT2D eigenvalue weighted by atomic mass is 32.1. The normalized spacial score (nSPS) is 11.6. The Balaban J connectivity index is 2.81. The van der Waals surface area contributed by atoms with Crippen LogP contribution in [0.15, 0.2) is 24.3 Å². The molecular formula is C12H16N2O2S. The van der Waals surface area contributed by atoms with Crippen LogP contribution in [-0.4, -0.2) is 23.6 Å². The van der Waals surface area contributed by atoms with Crippen LogP contribution in [0.4, 0.5) is 5.69 Å². The Labute approximate surface area is 106 Å². The van der Waals surface area contributed by atoms with Crippen LogP contribution in [0.2, 0.25) is 0 Å². The number of anilines is 1. The molecule has 0 radical (unpaired) electrons. The zero-order valence-corrected chi connectivity index (χ0v) is 10.7. The second-order valence-electron chi connectivity index (χ2n) is 3.53. The van der Waals surface area contributed by atoms with Crippen molar-refractivity contribution in [3.05, 3.63) is 29.8 Å². The van der Waals surface area contributed by atoms with Crippen LogP contribution < -0.4 is 11.1 Å². The third-order valence-electron chi connectivity index (χ3n) is 2.20. The maximum Gasteiger partial charge on any atom is 0.328 e. The molecule has 1 aromatic rings. The van der Waals surface area contributed by atoms with Gasteiger partial charge in [0.25, 0.3) is 0 Å². The molecule has 0 fully saturated rings. The number of thiocarbonyl (C=S) groups is 1. The first kappa shape index (κ1) is 13.4. The molecule has 92 valence electrons. The molecule has 17 heavy (non-hydrogen) atoms. The van der Waals surface area contributed by atoms with Gasteiger partial charge in [0.05, 0.1) is 6.61 Å². The van der Waals surface area contributed by atoms with Gasteiger partial charge in [-0.2, -0.15) is 0 Å². The molecule has 0 spiro atoms. The number of nitrogens with one attached hydrogen (secondary N) is 1. The van der Waals surface area contributed by atoms with Gasteiger partial charge in [-0.25, -0.2) is 4.79 Å². The Kier molecular flexibility index (Phi) is 4.90. The minimum absolute atomic E-state index is 0.296. The Morgan fingerprint density at radius 3 is 2.76 bits per heavy atom. The molecule has 0 bridgehead atoms. The number of nitrogens with two attached hydrogens (primary N) is 1. The Morgan fingerprint density at radius 1 is 1.53 bits per heavy atom. The van der Waals surface area contributed by atoms with Gasteiger partial charge >= 0.3 is 5.97 Å². The van der Waals surface area contributed by atoms with E-state index in [9.17, 15) is 4.79 Å². The zero-order chi connectivity index (χ0) is 12.8. The second-order valence-corrected chi connectivity index (χ2v) is 3.97. The van der Waals surface area contributed by atoms with Crippen molar-refractivity contribution in [2.24, 2.45) is 5.73 Å². The van der Waals surface area contributed by atoms with E-state index in [2.05, 4.69) is 5.32 Å². The van der Waals surface area contributed by atoms with Crippen LogP contribution >= 0.6 is 12.2 Å². The largest absolute Gasteiger partial charge is 0.464 e. The topological polar surface area (TPSA) is 64.3 Å². The summed E-state index contributed by atoms with van der Waals surface area (Å²) in [5.74, 6) is -0.301. The first-order valence-corrected chi connectivity index (χ1v) is 5.79. The minimum Gasteiger partial charge on any atom is -0.464 e. The number of esters is 1. The molecule has 0 saturated carbocycles. The molecule has 5 heteroatoms. The van der Waals surface area contributed by atoms with Crippen LogP contribution in [0, 0.1) is 0 Å². The van der Waals surface area contributed by atoms with Crippen LogP contribution in [-0.2, 0) is 9.53 Å². The van der Waals surface area contributed by atoms with E-state index in [1.807, 2.05) is 24.3 Å². The molecule has 1 atom stereocenters. The first-order chi connectivity index (χ1) is 8.06. The fourth-order valence-corrected chi connectivity index (χ4v) is 1.56. The van der Waals surface area contributed by atoms with Crippen LogP contribution in [0.25, 0.3) is 0 Å². The van der Waals surface area contributed by atoms with Gasteiger partial charge in [-0.05, 0) is 26.0 Å². The first-order valence-electron chi connectivity index (χ1n) is 5.38. The average molecular weight is 252 g/mol. The lowest BCUT2D eigenvalue weighted by molar-refractivity contribution is -0.143. The van der Waals surface area contributed by atoms with Gasteiger partial charge in [0.2, 0.25) is 0 Å². The lowest BCUT2D eigenvalue weighted by atomic mass is 10.1. The Morgan fingerprint density at radius 2 is 2.18 bits per heavy atom. The molecule has 0 aliphatic carbocycles. The van der Waals surface area contributed by atoms with Crippen molar-refractivity contribution < 1.29 is 9.53 Å². The quantitative estimate of drug-likeness (QED) is 0.616. The lowest BCUT2D eigenvalue weighted by Crippen LogP contribution is -2.29. The van der Waals surface area contributed by atoms with Crippen molar-refractivity contribution in [2.45, 2.75) is 19.9 Å². The predicted octanol–water partition coefficient (Wildman–Crippen LogP) is 1.68. The molecule has 4 nitrogen and oxygen atoms in total. The number of ether oxygens (including phenoxy) is 1. The number of benzene rings is 1. The fraction of sp³-hybridized carbons (Fsp3) is 0.333. The Bertz CT molecular complexity index is 421. The maximum absolute atomic E-state index is 11.5. The Hall–Kier alpha value is -1.62. The summed E-state index contributed by atoms with van der Waals surface area (Å²) in [6, 6.07) is 6.88. The fourth-order valence-electron chi connectivity index (χ4n) is 1.38. The standard InChI is InChI=1S/C12H16N2O2S/c1-3-16-12(15)8(2)14-10-7-5-4-6-9(10)11(13)17/h4-8,14H,3H2,1-2H3,(H2,13,17). The van der Waals surface area contributed by atoms with Crippen molar-refractivity contribution in [3.63, 3.8) is 0 Å². The van der Waals surface area contributed by atoms with Crippen molar-refractivity contribution in [1.82, 2.24) is 0 Å². The number of para-hydroxylation sites is 1. The average Bonchev–Trinajstić information content (AvgIpc) is 2.29. The summed E-state index contributed by atoms with van der Waals surface area (Å²) >= 11 is 4.94. The van der Waals surface area contributed by atoms with Crippen molar-refractivity contribution in [3.8, 4) is 0 Å². The molecule has 0 aliphatic rings. The second kappa shape index (κ2) is 6.20.